The topological polar surface area (TPSA) is 75.7 Å². The smallest absolute Gasteiger partial charge is 0.246 e. The van der Waals surface area contributed by atoms with Gasteiger partial charge in [0, 0.05) is 19.6 Å². The van der Waals surface area contributed by atoms with E-state index in [0.717, 1.165) is 24.8 Å². The van der Waals surface area contributed by atoms with E-state index in [4.69, 9.17) is 4.74 Å². The number of hydrogen-bond donors (Lipinski definition) is 1. The number of rotatable bonds is 5. The molecule has 0 bridgehead atoms. The average molecular weight is 352 g/mol. The number of nitrogens with zero attached hydrogens (tertiary/aromatic N) is 1. The zero-order valence-electron chi connectivity index (χ0n) is 14.0. The van der Waals surface area contributed by atoms with Crippen molar-refractivity contribution in [3.05, 3.63) is 29.8 Å². The van der Waals surface area contributed by atoms with Gasteiger partial charge in [0.2, 0.25) is 15.9 Å². The number of carbonyl (C=O) groups is 1. The second-order valence-electron chi connectivity index (χ2n) is 6.58. The summed E-state index contributed by atoms with van der Waals surface area (Å²) in [6, 6.07) is 7.17. The Morgan fingerprint density at radius 3 is 2.67 bits per heavy atom. The van der Waals surface area contributed by atoms with Crippen LogP contribution in [0, 0.1) is 0 Å². The molecule has 6 nitrogen and oxygen atoms in total. The molecule has 3 rings (SSSR count). The minimum atomic E-state index is -3.52. The molecule has 0 radical (unpaired) electrons. The Morgan fingerprint density at radius 2 is 2.04 bits per heavy atom. The maximum atomic E-state index is 12.8. The van der Waals surface area contributed by atoms with Gasteiger partial charge >= 0.3 is 0 Å². The summed E-state index contributed by atoms with van der Waals surface area (Å²) in [4.78, 5) is 11.6. The van der Waals surface area contributed by atoms with E-state index < -0.39 is 15.6 Å². The number of nitrogens with one attached hydrogen (secondary N) is 1. The number of hydrogen-bond acceptors (Lipinski definition) is 4. The lowest BCUT2D eigenvalue weighted by Gasteiger charge is -2.33. The molecule has 1 atom stereocenters. The molecule has 2 aliphatic heterocycles. The van der Waals surface area contributed by atoms with Crippen LogP contribution in [0.5, 0.6) is 0 Å². The van der Waals surface area contributed by atoms with E-state index in [9.17, 15) is 13.2 Å². The largest absolute Gasteiger partial charge is 0.362 e. The fourth-order valence-electron chi connectivity index (χ4n) is 3.21. The summed E-state index contributed by atoms with van der Waals surface area (Å²) in [6.45, 7) is 3.20. The SMILES string of the molecule is CCCCc1ccc(S(=O)(=O)N2CCC3(CNC(=O)CO3)C2)cc1. The molecule has 0 aliphatic carbocycles. The summed E-state index contributed by atoms with van der Waals surface area (Å²) in [5, 5.41) is 2.77. The van der Waals surface area contributed by atoms with Gasteiger partial charge in [0.25, 0.3) is 0 Å². The molecular weight excluding hydrogens is 328 g/mol. The normalized spacial score (nSPS) is 25.1. The predicted molar refractivity (Wildman–Crippen MR) is 90.1 cm³/mol. The van der Waals surface area contributed by atoms with Gasteiger partial charge in [-0.05, 0) is 37.0 Å². The van der Waals surface area contributed by atoms with Gasteiger partial charge in [-0.1, -0.05) is 25.5 Å². The lowest BCUT2D eigenvalue weighted by atomic mass is 10.0. The van der Waals surface area contributed by atoms with Crippen LogP contribution < -0.4 is 5.32 Å². The van der Waals surface area contributed by atoms with E-state index in [0.29, 0.717) is 24.4 Å². The minimum Gasteiger partial charge on any atom is -0.362 e. The Bertz CT molecular complexity index is 690. The predicted octanol–water partition coefficient (Wildman–Crippen LogP) is 1.31. The lowest BCUT2D eigenvalue weighted by Crippen LogP contribution is -2.54. The van der Waals surface area contributed by atoms with Gasteiger partial charge in [-0.3, -0.25) is 4.79 Å². The van der Waals surface area contributed by atoms with E-state index in [1.54, 1.807) is 12.1 Å². The molecule has 2 aliphatic rings. The van der Waals surface area contributed by atoms with Gasteiger partial charge in [0.15, 0.2) is 0 Å². The van der Waals surface area contributed by atoms with Gasteiger partial charge in [0.1, 0.15) is 12.2 Å². The summed E-state index contributed by atoms with van der Waals surface area (Å²) >= 11 is 0. The first kappa shape index (κ1) is 17.4. The highest BCUT2D eigenvalue weighted by molar-refractivity contribution is 7.89. The van der Waals surface area contributed by atoms with Crippen molar-refractivity contribution in [3.8, 4) is 0 Å². The molecule has 1 spiro atoms. The van der Waals surface area contributed by atoms with Gasteiger partial charge in [-0.15, -0.1) is 0 Å². The third kappa shape index (κ3) is 3.48. The molecule has 7 heteroatoms. The van der Waals surface area contributed by atoms with Crippen molar-refractivity contribution < 1.29 is 17.9 Å². The second kappa shape index (κ2) is 6.82. The van der Waals surface area contributed by atoms with Crippen LogP contribution in [0.2, 0.25) is 0 Å². The molecule has 1 aromatic rings. The molecule has 0 aromatic heterocycles. The van der Waals surface area contributed by atoms with Crippen LogP contribution in [0.15, 0.2) is 29.2 Å². The van der Waals surface area contributed by atoms with E-state index in [1.807, 2.05) is 12.1 Å². The summed E-state index contributed by atoms with van der Waals surface area (Å²) in [6.07, 6.45) is 3.79. The molecule has 24 heavy (non-hydrogen) atoms. The minimum absolute atomic E-state index is 0.0000131. The number of morpholine rings is 1. The van der Waals surface area contributed by atoms with Crippen molar-refractivity contribution >= 4 is 15.9 Å². The molecule has 1 unspecified atom stereocenters. The lowest BCUT2D eigenvalue weighted by molar-refractivity contribution is -0.141. The number of ether oxygens (including phenoxy) is 1. The van der Waals surface area contributed by atoms with Crippen LogP contribution in [0.1, 0.15) is 31.7 Å². The standard InChI is InChI=1S/C17H24N2O4S/c1-2-3-4-14-5-7-15(8-6-14)24(21,22)19-10-9-17(13-19)12-18-16(20)11-23-17/h5-8H,2-4,9-13H2,1H3,(H,18,20). The van der Waals surface area contributed by atoms with Crippen LogP contribution in [-0.4, -0.2) is 50.5 Å². The van der Waals surface area contributed by atoms with Crippen molar-refractivity contribution in [1.82, 2.24) is 9.62 Å². The summed E-state index contributed by atoms with van der Waals surface area (Å²) in [5.41, 5.74) is 0.578. The number of sulfonamides is 1. The van der Waals surface area contributed by atoms with Crippen LogP contribution in [-0.2, 0) is 26.0 Å². The second-order valence-corrected chi connectivity index (χ2v) is 8.52. The van der Waals surface area contributed by atoms with Gasteiger partial charge in [-0.2, -0.15) is 4.31 Å². The summed E-state index contributed by atoms with van der Waals surface area (Å²) in [5.74, 6) is -0.149. The van der Waals surface area contributed by atoms with Crippen molar-refractivity contribution in [2.24, 2.45) is 0 Å². The van der Waals surface area contributed by atoms with Crippen LogP contribution in [0.3, 0.4) is 0 Å². The zero-order chi connectivity index (χ0) is 17.2. The number of carbonyl (C=O) groups excluding carboxylic acids is 1. The van der Waals surface area contributed by atoms with Gasteiger partial charge in [-0.25, -0.2) is 8.42 Å². The Balaban J connectivity index is 1.71. The fourth-order valence-corrected chi connectivity index (χ4v) is 4.73. The van der Waals surface area contributed by atoms with Crippen molar-refractivity contribution in [3.63, 3.8) is 0 Å². The summed E-state index contributed by atoms with van der Waals surface area (Å²) in [7, 11) is -3.52. The van der Waals surface area contributed by atoms with E-state index in [-0.39, 0.29) is 19.1 Å². The summed E-state index contributed by atoms with van der Waals surface area (Å²) < 4.78 is 32.8. The Labute approximate surface area is 143 Å². The third-order valence-corrected chi connectivity index (χ3v) is 6.64. The van der Waals surface area contributed by atoms with Gasteiger partial charge in [0.05, 0.1) is 4.90 Å². The van der Waals surface area contributed by atoms with E-state index in [1.165, 1.54) is 4.31 Å². The molecular formula is C17H24N2O4S. The number of amides is 1. The number of benzene rings is 1. The number of aryl methyl sites for hydroxylation is 1. The molecule has 2 fully saturated rings. The highest BCUT2D eigenvalue weighted by Crippen LogP contribution is 2.31. The highest BCUT2D eigenvalue weighted by Gasteiger charge is 2.46. The fraction of sp³-hybridized carbons (Fsp3) is 0.588. The van der Waals surface area contributed by atoms with Crippen LogP contribution in [0.4, 0.5) is 0 Å². The first-order chi connectivity index (χ1) is 11.5. The Kier molecular flexibility index (Phi) is 4.94. The van der Waals surface area contributed by atoms with Crippen LogP contribution in [0.25, 0.3) is 0 Å². The molecule has 0 saturated carbocycles. The molecule has 1 amide bonds. The maximum absolute atomic E-state index is 12.8. The first-order valence-corrected chi connectivity index (χ1v) is 9.89. The molecule has 1 aromatic carbocycles. The van der Waals surface area contributed by atoms with Crippen LogP contribution >= 0.6 is 0 Å². The van der Waals surface area contributed by atoms with Crippen molar-refractivity contribution in [1.29, 1.82) is 0 Å². The van der Waals surface area contributed by atoms with E-state index in [2.05, 4.69) is 12.2 Å². The van der Waals surface area contributed by atoms with Gasteiger partial charge < -0.3 is 10.1 Å². The number of unbranched alkanes of at least 4 members (excludes halogenated alkanes) is 1. The average Bonchev–Trinajstić information content (AvgIpc) is 3.01. The molecule has 2 heterocycles. The molecule has 2 saturated heterocycles. The molecule has 1 N–H and O–H groups in total. The zero-order valence-corrected chi connectivity index (χ0v) is 14.8. The van der Waals surface area contributed by atoms with E-state index >= 15 is 0 Å². The third-order valence-electron chi connectivity index (χ3n) is 4.78. The highest BCUT2D eigenvalue weighted by atomic mass is 32.2. The quantitative estimate of drug-likeness (QED) is 0.867. The maximum Gasteiger partial charge on any atom is 0.246 e. The Morgan fingerprint density at radius 1 is 1.29 bits per heavy atom. The first-order valence-electron chi connectivity index (χ1n) is 8.45. The monoisotopic (exact) mass is 352 g/mol. The van der Waals surface area contributed by atoms with Crippen molar-refractivity contribution in [2.75, 3.05) is 26.2 Å². The Hall–Kier alpha value is -1.44. The molecule has 132 valence electrons. The van der Waals surface area contributed by atoms with Crippen molar-refractivity contribution in [2.45, 2.75) is 43.1 Å².